The van der Waals surface area contributed by atoms with E-state index in [2.05, 4.69) is 188 Å². The van der Waals surface area contributed by atoms with Gasteiger partial charge in [-0.1, -0.05) is 164 Å². The standard InChI is InChI=1S/3C24H27N2O.2C23H25N2O/c3*1-7-17-12-21(26(6)13-20(17)14(2)3)22-15(4)8-10-18-19-11-9-16(5)25-24(19)27-23(18)22;1-6-16-13-25(5)20(12-19(16)14(2)3)21-15(4)9-10-17-18-8-7-11-24-23(18)26-22(17)21;1-6-16-12-20(25(5)13-19(16)14(2)3)21-15(4)9-10-17-18-8-7-11-24-23(18)26-22(17)21/h3*8-14H,7H2,1-6H3;2*7-14H,6H2,1-5H3/q5*+1/i2*2D3,7D2,14D;7D2;;6D2. The number of fused-ring (bicyclic) bond motifs is 15. The molecule has 0 amide bonds. The third-order valence-corrected chi connectivity index (χ3v) is 25.8. The predicted octanol–water partition coefficient (Wildman–Crippen LogP) is 28.3. The van der Waals surface area contributed by atoms with E-state index >= 15 is 0 Å². The first-order valence-corrected chi connectivity index (χ1v) is 45.7. The molecule has 2 unspecified atom stereocenters. The molecule has 0 aliphatic carbocycles. The number of furan rings is 5. The van der Waals surface area contributed by atoms with Crippen molar-refractivity contribution < 1.29 is 66.9 Å². The Morgan fingerprint density at radius 3 is 0.812 bits per heavy atom. The van der Waals surface area contributed by atoms with Crippen molar-refractivity contribution in [2.24, 2.45) is 35.2 Å². The normalized spacial score (nSPS) is 15.1. The summed E-state index contributed by atoms with van der Waals surface area (Å²) < 4.78 is 172. The van der Waals surface area contributed by atoms with Crippen LogP contribution in [0.1, 0.15) is 256 Å². The first kappa shape index (κ1) is 74.2. The van der Waals surface area contributed by atoms with Crippen LogP contribution in [0.3, 0.4) is 0 Å². The van der Waals surface area contributed by atoms with Crippen LogP contribution < -0.4 is 22.8 Å². The Bertz CT molecular complexity index is 8480. The maximum Gasteiger partial charge on any atom is 0.227 e. The SMILES string of the molecule is CCc1c[n+](C)c(-c2c(C)ccc3c2oc2ncccc23)cc1C(C)C.[2H]C([2H])(C)c1cc(-c2c(C)ccc3c2oc2nc(C)ccc23)[n+](C)cc1C(C)C.[2H]C([2H])(C)c1cc(-c2c(C)ccc3c2oc2nc(C)ccc23)[n+](C)cc1C([2H])(C)C([2H])([2H])[2H].[2H]C([2H])(C)c1cc(-c2c(C)ccc3c2oc2nc(C)ccc23)[n+](C)cc1C([2H])(C)C([2H])([2H])[2H].[2H]C([2H])(C)c1cc(-c2c(C)ccc3c2oc2ncccc23)[n+](C)cc1C(C)C. The zero-order valence-corrected chi connectivity index (χ0v) is 81.4. The van der Waals surface area contributed by atoms with Crippen LogP contribution in [0.5, 0.6) is 0 Å². The summed E-state index contributed by atoms with van der Waals surface area (Å²) in [5, 5.41) is 9.82. The lowest BCUT2D eigenvalue weighted by molar-refractivity contribution is -0.661. The van der Waals surface area contributed by atoms with Crippen molar-refractivity contribution in [2.75, 3.05) is 0 Å². The lowest BCUT2D eigenvalue weighted by Gasteiger charge is -2.13. The molecule has 0 saturated carbocycles. The molecule has 15 heteroatoms. The van der Waals surface area contributed by atoms with Crippen LogP contribution >= 0.6 is 0 Å². The van der Waals surface area contributed by atoms with Crippen molar-refractivity contribution in [1.29, 1.82) is 0 Å². The lowest BCUT2D eigenvalue weighted by atomic mass is 9.93. The number of hydrogen-bond donors (Lipinski definition) is 0. The number of pyridine rings is 10. The Labute approximate surface area is 805 Å². The molecule has 20 aromatic rings. The molecule has 2 atom stereocenters. The minimum absolute atomic E-state index is 0.132. The van der Waals surface area contributed by atoms with E-state index in [0.29, 0.717) is 57.0 Å². The van der Waals surface area contributed by atoms with Crippen LogP contribution in [-0.4, -0.2) is 24.9 Å². The molecule has 0 aliphatic rings. The van der Waals surface area contributed by atoms with Crippen LogP contribution in [0.4, 0.5) is 0 Å². The molecule has 0 saturated heterocycles. The van der Waals surface area contributed by atoms with Crippen molar-refractivity contribution in [3.63, 3.8) is 0 Å². The van der Waals surface area contributed by atoms with Crippen molar-refractivity contribution in [2.45, 2.75) is 221 Å². The van der Waals surface area contributed by atoms with Gasteiger partial charge in [-0.3, -0.25) is 0 Å². The highest BCUT2D eigenvalue weighted by Gasteiger charge is 2.31. The summed E-state index contributed by atoms with van der Waals surface area (Å²) >= 11 is 0. The highest BCUT2D eigenvalue weighted by atomic mass is 16.4. The van der Waals surface area contributed by atoms with E-state index in [0.717, 1.165) is 178 Å². The topological polar surface area (TPSA) is 150 Å². The fourth-order valence-corrected chi connectivity index (χ4v) is 18.7. The fraction of sp³-hybridized carbons (Fsp3) is 0.322. The van der Waals surface area contributed by atoms with E-state index in [1.54, 1.807) is 74.0 Å². The molecule has 678 valence electrons. The van der Waals surface area contributed by atoms with Gasteiger partial charge >= 0.3 is 0 Å². The highest BCUT2D eigenvalue weighted by molar-refractivity contribution is 6.13. The van der Waals surface area contributed by atoms with Gasteiger partial charge < -0.3 is 22.1 Å². The molecule has 15 nitrogen and oxygen atoms in total. The molecule has 15 heterocycles. The number of aromatic nitrogens is 10. The third-order valence-electron chi connectivity index (χ3n) is 25.8. The fourth-order valence-electron chi connectivity index (χ4n) is 18.7. The van der Waals surface area contributed by atoms with Gasteiger partial charge in [0.15, 0.2) is 58.9 Å². The first-order valence-electron chi connectivity index (χ1n) is 53.7. The number of hydrogen-bond acceptors (Lipinski definition) is 10. The second-order valence-corrected chi connectivity index (χ2v) is 36.1. The predicted molar refractivity (Wildman–Crippen MR) is 546 cm³/mol. The van der Waals surface area contributed by atoms with Gasteiger partial charge in [-0.2, -0.15) is 0 Å². The first-order chi connectivity index (χ1) is 69.5. The van der Waals surface area contributed by atoms with Crippen LogP contribution in [0, 0.1) is 55.4 Å². The van der Waals surface area contributed by atoms with Gasteiger partial charge in [0.2, 0.25) is 57.0 Å². The number of aryl methyl sites for hydroxylation is 18. The van der Waals surface area contributed by atoms with Gasteiger partial charge in [-0.15, -0.1) is 0 Å². The van der Waals surface area contributed by atoms with E-state index < -0.39 is 51.0 Å². The van der Waals surface area contributed by atoms with E-state index in [-0.39, 0.29) is 34.1 Å². The van der Waals surface area contributed by atoms with Gasteiger partial charge in [0.25, 0.3) is 0 Å². The highest BCUT2D eigenvalue weighted by Crippen LogP contribution is 2.45. The van der Waals surface area contributed by atoms with Crippen molar-refractivity contribution in [3.8, 4) is 56.3 Å². The summed E-state index contributed by atoms with van der Waals surface area (Å²) in [6.07, 6.45) is 7.47. The molecule has 0 radical (unpaired) electrons. The van der Waals surface area contributed by atoms with Crippen molar-refractivity contribution in [3.05, 3.63) is 296 Å². The molecule has 0 bridgehead atoms. The molecule has 133 heavy (non-hydrogen) atoms. The minimum Gasteiger partial charge on any atom is -0.437 e. The van der Waals surface area contributed by atoms with E-state index in [4.69, 9.17) is 44.0 Å². The van der Waals surface area contributed by atoms with Gasteiger partial charge in [0.05, 0.1) is 27.8 Å². The Morgan fingerprint density at radius 1 is 0.293 bits per heavy atom. The zero-order chi connectivity index (χ0) is 109. The van der Waals surface area contributed by atoms with Gasteiger partial charge in [0, 0.05) is 163 Å². The van der Waals surface area contributed by atoms with Crippen LogP contribution in [0.15, 0.2) is 217 Å². The van der Waals surface area contributed by atoms with E-state index in [1.807, 2.05) is 134 Å². The maximum atomic E-state index is 8.61. The quantitative estimate of drug-likeness (QED) is 0.0908. The number of benzene rings is 5. The van der Waals surface area contributed by atoms with E-state index in [1.165, 1.54) is 50.1 Å². The van der Waals surface area contributed by atoms with Crippen LogP contribution in [0.2, 0.25) is 0 Å². The molecule has 0 fully saturated rings. The molecule has 0 spiro atoms. The second kappa shape index (κ2) is 38.1. The average molecular weight is 1790 g/mol. The van der Waals surface area contributed by atoms with Crippen molar-refractivity contribution >= 4 is 110 Å². The Morgan fingerprint density at radius 2 is 0.541 bits per heavy atom. The maximum absolute atomic E-state index is 8.61. The summed E-state index contributed by atoms with van der Waals surface area (Å²) in [5.41, 5.74) is 30.7. The monoisotopic (exact) mass is 1780 g/mol. The summed E-state index contributed by atoms with van der Waals surface area (Å²) in [4.78, 5) is 22.3. The molecule has 15 aromatic heterocycles. The summed E-state index contributed by atoms with van der Waals surface area (Å²) in [6, 6.07) is 50.1. The third kappa shape index (κ3) is 17.6. The van der Waals surface area contributed by atoms with E-state index in [9.17, 15) is 0 Å². The van der Waals surface area contributed by atoms with Crippen molar-refractivity contribution in [1.82, 2.24) is 24.9 Å². The Balaban J connectivity index is 0.000000133. The van der Waals surface area contributed by atoms with Gasteiger partial charge in [-0.25, -0.2) is 47.8 Å². The lowest BCUT2D eigenvalue weighted by Crippen LogP contribution is -2.32. The number of rotatable bonds is 15. The smallest absolute Gasteiger partial charge is 0.227 e. The minimum atomic E-state index is -2.63. The molecular weight excluding hydrogens is 1640 g/mol. The van der Waals surface area contributed by atoms with Gasteiger partial charge in [0.1, 0.15) is 35.2 Å². The summed E-state index contributed by atoms with van der Waals surface area (Å²) in [7, 11) is 9.69. The molecule has 5 aromatic carbocycles. The second-order valence-electron chi connectivity index (χ2n) is 36.1. The number of nitrogens with zero attached hydrogens (tertiary/aromatic N) is 10. The van der Waals surface area contributed by atoms with Gasteiger partial charge in [-0.05, 0) is 233 Å². The molecule has 0 aliphatic heterocycles. The molecular formula is C118H131N10O5+5. The van der Waals surface area contributed by atoms with Crippen LogP contribution in [-0.2, 0) is 67.2 Å². The zero-order valence-electron chi connectivity index (χ0n) is 97.4. The Hall–Kier alpha value is -13.4. The summed E-state index contributed by atoms with van der Waals surface area (Å²) in [5.74, 6) is -3.01. The molecule has 0 N–H and O–H groups in total. The Kier molecular flexibility index (Phi) is 21.2. The largest absolute Gasteiger partial charge is 0.437 e. The van der Waals surface area contributed by atoms with Crippen LogP contribution in [0.25, 0.3) is 167 Å². The average Bonchev–Trinajstić information content (AvgIpc) is 1.56. The summed E-state index contributed by atoms with van der Waals surface area (Å²) in [6.45, 7) is 34.5. The molecule has 20 rings (SSSR count).